The second-order valence-electron chi connectivity index (χ2n) is 4.17. The van der Waals surface area contributed by atoms with E-state index in [0.717, 1.165) is 6.07 Å². The minimum atomic E-state index is -1.29. The fourth-order valence-corrected chi connectivity index (χ4v) is 1.78. The highest BCUT2D eigenvalue weighted by Gasteiger charge is 2.22. The fraction of sp³-hybridized carbons (Fsp3) is 0.0667. The van der Waals surface area contributed by atoms with Crippen LogP contribution in [0.1, 0.15) is 22.0 Å². The standard InChI is InChI=1S/C15H12FNO3/c16-12-8-4-7-11(9-12)13(15(19)20)17-14(18)10-5-2-1-3-6-10/h1-9,13H,(H,17,18)(H,19,20). The Kier molecular flexibility index (Phi) is 4.10. The topological polar surface area (TPSA) is 66.4 Å². The van der Waals surface area contributed by atoms with E-state index in [9.17, 15) is 19.1 Å². The maximum absolute atomic E-state index is 13.1. The van der Waals surface area contributed by atoms with Crippen molar-refractivity contribution < 1.29 is 19.1 Å². The summed E-state index contributed by atoms with van der Waals surface area (Å²) in [5.41, 5.74) is 0.525. The number of amides is 1. The Hall–Kier alpha value is -2.69. The van der Waals surface area contributed by atoms with Crippen LogP contribution < -0.4 is 5.32 Å². The van der Waals surface area contributed by atoms with Crippen LogP contribution in [0.25, 0.3) is 0 Å². The minimum absolute atomic E-state index is 0.182. The molecule has 0 saturated heterocycles. The van der Waals surface area contributed by atoms with Gasteiger partial charge in [-0.2, -0.15) is 0 Å². The van der Waals surface area contributed by atoms with E-state index in [2.05, 4.69) is 5.32 Å². The van der Waals surface area contributed by atoms with Crippen molar-refractivity contribution >= 4 is 11.9 Å². The molecule has 0 aliphatic rings. The lowest BCUT2D eigenvalue weighted by Crippen LogP contribution is -2.33. The number of carboxylic acids is 1. The molecule has 0 saturated carbocycles. The Balaban J connectivity index is 2.23. The van der Waals surface area contributed by atoms with Gasteiger partial charge in [-0.1, -0.05) is 30.3 Å². The van der Waals surface area contributed by atoms with Crippen molar-refractivity contribution in [2.45, 2.75) is 6.04 Å². The van der Waals surface area contributed by atoms with E-state index < -0.39 is 23.7 Å². The highest BCUT2D eigenvalue weighted by molar-refractivity contribution is 5.96. The summed E-state index contributed by atoms with van der Waals surface area (Å²) < 4.78 is 13.1. The van der Waals surface area contributed by atoms with E-state index in [1.54, 1.807) is 30.3 Å². The molecule has 4 nitrogen and oxygen atoms in total. The van der Waals surface area contributed by atoms with E-state index in [1.807, 2.05) is 0 Å². The third-order valence-electron chi connectivity index (χ3n) is 2.74. The zero-order chi connectivity index (χ0) is 14.5. The highest BCUT2D eigenvalue weighted by atomic mass is 19.1. The van der Waals surface area contributed by atoms with Crippen molar-refractivity contribution in [3.63, 3.8) is 0 Å². The fourth-order valence-electron chi connectivity index (χ4n) is 1.78. The number of halogens is 1. The predicted molar refractivity (Wildman–Crippen MR) is 70.7 cm³/mol. The zero-order valence-corrected chi connectivity index (χ0v) is 10.4. The van der Waals surface area contributed by atoms with Crippen molar-refractivity contribution in [3.8, 4) is 0 Å². The molecule has 2 aromatic carbocycles. The van der Waals surface area contributed by atoms with Gasteiger partial charge >= 0.3 is 5.97 Å². The molecule has 0 bridgehead atoms. The first-order chi connectivity index (χ1) is 9.58. The molecule has 102 valence electrons. The lowest BCUT2D eigenvalue weighted by Gasteiger charge is -2.15. The van der Waals surface area contributed by atoms with Gasteiger partial charge in [0, 0.05) is 5.56 Å². The summed E-state index contributed by atoms with van der Waals surface area (Å²) in [6.07, 6.45) is 0. The number of carbonyl (C=O) groups excluding carboxylic acids is 1. The molecule has 2 aromatic rings. The summed E-state index contributed by atoms with van der Waals surface area (Å²) in [5, 5.41) is 11.5. The Morgan fingerprint density at radius 2 is 1.75 bits per heavy atom. The first kappa shape index (κ1) is 13.7. The Labute approximate surface area is 114 Å². The summed E-state index contributed by atoms with van der Waals surface area (Å²) in [6.45, 7) is 0. The van der Waals surface area contributed by atoms with Crippen LogP contribution in [-0.2, 0) is 4.79 Å². The number of rotatable bonds is 4. The van der Waals surface area contributed by atoms with Gasteiger partial charge in [0.25, 0.3) is 5.91 Å². The van der Waals surface area contributed by atoms with Gasteiger partial charge in [0.2, 0.25) is 0 Å². The van der Waals surface area contributed by atoms with E-state index in [0.29, 0.717) is 5.56 Å². The third kappa shape index (κ3) is 3.20. The molecule has 20 heavy (non-hydrogen) atoms. The van der Waals surface area contributed by atoms with Gasteiger partial charge in [-0.3, -0.25) is 4.79 Å². The van der Waals surface area contributed by atoms with Crippen LogP contribution in [0.3, 0.4) is 0 Å². The van der Waals surface area contributed by atoms with Crippen molar-refractivity contribution in [3.05, 3.63) is 71.5 Å². The number of carbonyl (C=O) groups is 2. The summed E-state index contributed by atoms with van der Waals surface area (Å²) in [7, 11) is 0. The number of nitrogens with one attached hydrogen (secondary N) is 1. The quantitative estimate of drug-likeness (QED) is 0.898. The van der Waals surface area contributed by atoms with Crippen LogP contribution in [0.15, 0.2) is 54.6 Å². The third-order valence-corrected chi connectivity index (χ3v) is 2.74. The van der Waals surface area contributed by atoms with Crippen molar-refractivity contribution in [2.24, 2.45) is 0 Å². The number of hydrogen-bond donors (Lipinski definition) is 2. The van der Waals surface area contributed by atoms with Gasteiger partial charge < -0.3 is 10.4 Å². The molecule has 1 atom stereocenters. The van der Waals surface area contributed by atoms with Gasteiger partial charge in [0.15, 0.2) is 6.04 Å². The summed E-state index contributed by atoms with van der Waals surface area (Å²) in [5.74, 6) is -2.33. The van der Waals surface area contributed by atoms with Crippen LogP contribution in [0, 0.1) is 5.82 Å². The van der Waals surface area contributed by atoms with Crippen LogP contribution in [-0.4, -0.2) is 17.0 Å². The second kappa shape index (κ2) is 5.97. The van der Waals surface area contributed by atoms with Gasteiger partial charge in [-0.05, 0) is 29.8 Å². The normalized spacial score (nSPS) is 11.7. The molecule has 0 spiro atoms. The number of carboxylic acid groups (broad SMARTS) is 1. The lowest BCUT2D eigenvalue weighted by atomic mass is 10.1. The zero-order valence-electron chi connectivity index (χ0n) is 10.4. The molecule has 0 aromatic heterocycles. The van der Waals surface area contributed by atoms with Crippen molar-refractivity contribution in [1.82, 2.24) is 5.32 Å². The average molecular weight is 273 g/mol. The van der Waals surface area contributed by atoms with Crippen LogP contribution in [0.4, 0.5) is 4.39 Å². The smallest absolute Gasteiger partial charge is 0.330 e. The molecular formula is C15H12FNO3. The Morgan fingerprint density at radius 1 is 1.05 bits per heavy atom. The van der Waals surface area contributed by atoms with Crippen LogP contribution >= 0.6 is 0 Å². The minimum Gasteiger partial charge on any atom is -0.479 e. The molecule has 0 aliphatic heterocycles. The SMILES string of the molecule is O=C(NC(C(=O)O)c1cccc(F)c1)c1ccccc1. The maximum atomic E-state index is 13.1. The lowest BCUT2D eigenvalue weighted by molar-refractivity contribution is -0.139. The molecular weight excluding hydrogens is 261 g/mol. The number of aliphatic carboxylic acids is 1. The monoisotopic (exact) mass is 273 g/mol. The first-order valence-corrected chi connectivity index (χ1v) is 5.92. The van der Waals surface area contributed by atoms with Crippen LogP contribution in [0.5, 0.6) is 0 Å². The molecule has 0 heterocycles. The van der Waals surface area contributed by atoms with Gasteiger partial charge in [-0.25, -0.2) is 9.18 Å². The molecule has 1 unspecified atom stereocenters. The summed E-state index contributed by atoms with van der Waals surface area (Å²) >= 11 is 0. The van der Waals surface area contributed by atoms with E-state index in [4.69, 9.17) is 0 Å². The molecule has 5 heteroatoms. The molecule has 1 amide bonds. The summed E-state index contributed by atoms with van der Waals surface area (Å²) in [4.78, 5) is 23.2. The molecule has 0 radical (unpaired) electrons. The van der Waals surface area contributed by atoms with Gasteiger partial charge in [-0.15, -0.1) is 0 Å². The van der Waals surface area contributed by atoms with Gasteiger partial charge in [0.05, 0.1) is 0 Å². The van der Waals surface area contributed by atoms with Gasteiger partial charge in [0.1, 0.15) is 5.82 Å². The van der Waals surface area contributed by atoms with Crippen molar-refractivity contribution in [2.75, 3.05) is 0 Å². The van der Waals surface area contributed by atoms with E-state index in [-0.39, 0.29) is 5.56 Å². The van der Waals surface area contributed by atoms with Crippen molar-refractivity contribution in [1.29, 1.82) is 0 Å². The maximum Gasteiger partial charge on any atom is 0.330 e. The molecule has 2 rings (SSSR count). The average Bonchev–Trinajstić information content (AvgIpc) is 2.45. The summed E-state index contributed by atoms with van der Waals surface area (Å²) in [6, 6.07) is 12.1. The van der Waals surface area contributed by atoms with E-state index in [1.165, 1.54) is 18.2 Å². The Bertz CT molecular complexity index is 628. The largest absolute Gasteiger partial charge is 0.479 e. The highest BCUT2D eigenvalue weighted by Crippen LogP contribution is 2.15. The predicted octanol–water partition coefficient (Wildman–Crippen LogP) is 2.38. The first-order valence-electron chi connectivity index (χ1n) is 5.92. The number of hydrogen-bond acceptors (Lipinski definition) is 2. The van der Waals surface area contributed by atoms with E-state index >= 15 is 0 Å². The molecule has 0 aliphatic carbocycles. The second-order valence-corrected chi connectivity index (χ2v) is 4.17. The number of benzene rings is 2. The van der Waals surface area contributed by atoms with Crippen LogP contribution in [0.2, 0.25) is 0 Å². The Morgan fingerprint density at radius 3 is 2.35 bits per heavy atom. The molecule has 0 fully saturated rings. The molecule has 2 N–H and O–H groups in total.